The first-order valence-electron chi connectivity index (χ1n) is 7.81. The maximum absolute atomic E-state index is 12.3. The van der Waals surface area contributed by atoms with E-state index < -0.39 is 0 Å². The number of nitrogens with zero attached hydrogens (tertiary/aromatic N) is 3. The summed E-state index contributed by atoms with van der Waals surface area (Å²) < 4.78 is 5.38. The molecular formula is C15H21N5O2S. The molecular weight excluding hydrogens is 314 g/mol. The van der Waals surface area contributed by atoms with E-state index in [1.807, 2.05) is 12.1 Å². The molecule has 7 nitrogen and oxygen atoms in total. The number of aromatic nitrogens is 2. The fourth-order valence-electron chi connectivity index (χ4n) is 2.84. The van der Waals surface area contributed by atoms with Gasteiger partial charge in [0.15, 0.2) is 0 Å². The van der Waals surface area contributed by atoms with Crippen LogP contribution in [0.4, 0.5) is 5.13 Å². The number of anilines is 1. The van der Waals surface area contributed by atoms with Crippen LogP contribution in [0.2, 0.25) is 0 Å². The average Bonchev–Trinajstić information content (AvgIpc) is 3.19. The number of rotatable bonds is 6. The number of carbonyl (C=O) groups is 1. The number of carbonyl (C=O) groups excluding carboxylic acids is 1. The number of amides is 1. The SMILES string of the molecule is Nc1nnc(CCNC(=O)C2CCCN(Cc3ccco3)C2)s1. The summed E-state index contributed by atoms with van der Waals surface area (Å²) in [7, 11) is 0. The zero-order valence-electron chi connectivity index (χ0n) is 12.9. The minimum absolute atomic E-state index is 0.0400. The lowest BCUT2D eigenvalue weighted by molar-refractivity contribution is -0.126. The third-order valence-corrected chi connectivity index (χ3v) is 4.77. The highest BCUT2D eigenvalue weighted by molar-refractivity contribution is 7.15. The fourth-order valence-corrected chi connectivity index (χ4v) is 3.45. The van der Waals surface area contributed by atoms with Crippen LogP contribution in [0.3, 0.4) is 0 Å². The van der Waals surface area contributed by atoms with Crippen LogP contribution in [0.25, 0.3) is 0 Å². The van der Waals surface area contributed by atoms with Gasteiger partial charge in [-0.3, -0.25) is 9.69 Å². The number of nitrogen functional groups attached to an aromatic ring is 1. The highest BCUT2D eigenvalue weighted by Crippen LogP contribution is 2.19. The molecule has 1 aliphatic rings. The molecule has 0 saturated carbocycles. The summed E-state index contributed by atoms with van der Waals surface area (Å²) in [5.41, 5.74) is 5.54. The standard InChI is InChI=1S/C15H21N5O2S/c16-15-19-18-13(23-15)5-6-17-14(21)11-3-1-7-20(9-11)10-12-4-2-8-22-12/h2,4,8,11H,1,3,5-7,9-10H2,(H2,16,19)(H,17,21). The van der Waals surface area contributed by atoms with Crippen molar-refractivity contribution < 1.29 is 9.21 Å². The van der Waals surface area contributed by atoms with Gasteiger partial charge in [-0.15, -0.1) is 10.2 Å². The molecule has 0 bridgehead atoms. The second-order valence-corrected chi connectivity index (χ2v) is 6.82. The Kier molecular flexibility index (Phi) is 5.24. The molecule has 0 aliphatic carbocycles. The van der Waals surface area contributed by atoms with Gasteiger partial charge in [0.25, 0.3) is 0 Å². The Bertz CT molecular complexity index is 628. The molecule has 0 aromatic carbocycles. The van der Waals surface area contributed by atoms with Crippen molar-refractivity contribution in [2.75, 3.05) is 25.4 Å². The molecule has 2 aromatic heterocycles. The smallest absolute Gasteiger partial charge is 0.224 e. The van der Waals surface area contributed by atoms with Gasteiger partial charge in [0.1, 0.15) is 10.8 Å². The van der Waals surface area contributed by atoms with Crippen LogP contribution >= 0.6 is 11.3 Å². The van der Waals surface area contributed by atoms with E-state index in [0.29, 0.717) is 18.1 Å². The molecule has 1 aliphatic heterocycles. The molecule has 0 radical (unpaired) electrons. The van der Waals surface area contributed by atoms with Crippen molar-refractivity contribution in [3.05, 3.63) is 29.2 Å². The lowest BCUT2D eigenvalue weighted by atomic mass is 9.97. The monoisotopic (exact) mass is 335 g/mol. The van der Waals surface area contributed by atoms with E-state index in [-0.39, 0.29) is 11.8 Å². The van der Waals surface area contributed by atoms with Gasteiger partial charge >= 0.3 is 0 Å². The third-order valence-electron chi connectivity index (χ3n) is 3.96. The summed E-state index contributed by atoms with van der Waals surface area (Å²) in [4.78, 5) is 14.6. The van der Waals surface area contributed by atoms with Crippen molar-refractivity contribution >= 4 is 22.4 Å². The van der Waals surface area contributed by atoms with E-state index in [1.54, 1.807) is 6.26 Å². The highest BCUT2D eigenvalue weighted by atomic mass is 32.1. The predicted molar refractivity (Wildman–Crippen MR) is 87.7 cm³/mol. The van der Waals surface area contributed by atoms with Gasteiger partial charge in [-0.25, -0.2) is 0 Å². The summed E-state index contributed by atoms with van der Waals surface area (Å²) in [6, 6.07) is 3.86. The van der Waals surface area contributed by atoms with Crippen LogP contribution in [-0.2, 0) is 17.8 Å². The van der Waals surface area contributed by atoms with Crippen molar-refractivity contribution in [2.45, 2.75) is 25.8 Å². The summed E-state index contributed by atoms with van der Waals surface area (Å²) in [6.07, 6.45) is 4.32. The molecule has 0 spiro atoms. The molecule has 3 rings (SSSR count). The van der Waals surface area contributed by atoms with E-state index in [2.05, 4.69) is 20.4 Å². The second-order valence-electron chi connectivity index (χ2n) is 5.73. The van der Waals surface area contributed by atoms with Crippen LogP contribution in [0.5, 0.6) is 0 Å². The predicted octanol–water partition coefficient (Wildman–Crippen LogP) is 1.28. The third kappa shape index (κ3) is 4.52. The van der Waals surface area contributed by atoms with Crippen LogP contribution < -0.4 is 11.1 Å². The van der Waals surface area contributed by atoms with Crippen molar-refractivity contribution in [1.82, 2.24) is 20.4 Å². The lowest BCUT2D eigenvalue weighted by Gasteiger charge is -2.31. The van der Waals surface area contributed by atoms with Gasteiger partial charge in [-0.1, -0.05) is 11.3 Å². The van der Waals surface area contributed by atoms with E-state index in [4.69, 9.17) is 10.2 Å². The maximum Gasteiger partial charge on any atom is 0.224 e. The van der Waals surface area contributed by atoms with E-state index in [0.717, 1.165) is 43.2 Å². The van der Waals surface area contributed by atoms with Gasteiger partial charge in [0.05, 0.1) is 18.7 Å². The Balaban J connectivity index is 1.43. The lowest BCUT2D eigenvalue weighted by Crippen LogP contribution is -2.43. The summed E-state index contributed by atoms with van der Waals surface area (Å²) >= 11 is 1.36. The minimum atomic E-state index is 0.0400. The Morgan fingerprint density at radius 1 is 1.52 bits per heavy atom. The Labute approximate surface area is 138 Å². The first-order chi connectivity index (χ1) is 11.2. The molecule has 124 valence electrons. The van der Waals surface area contributed by atoms with Gasteiger partial charge < -0.3 is 15.5 Å². The van der Waals surface area contributed by atoms with Crippen molar-refractivity contribution in [1.29, 1.82) is 0 Å². The second kappa shape index (κ2) is 7.56. The number of likely N-dealkylation sites (tertiary alicyclic amines) is 1. The molecule has 1 fully saturated rings. The molecule has 23 heavy (non-hydrogen) atoms. The number of nitrogens with one attached hydrogen (secondary N) is 1. The van der Waals surface area contributed by atoms with Crippen molar-refractivity contribution in [3.63, 3.8) is 0 Å². The normalized spacial score (nSPS) is 18.9. The summed E-state index contributed by atoms with van der Waals surface area (Å²) in [5, 5.41) is 12.0. The minimum Gasteiger partial charge on any atom is -0.468 e. The number of nitrogens with two attached hydrogens (primary N) is 1. The van der Waals surface area contributed by atoms with E-state index in [1.165, 1.54) is 11.3 Å². The maximum atomic E-state index is 12.3. The Hall–Kier alpha value is -1.93. The summed E-state index contributed by atoms with van der Waals surface area (Å²) in [5.74, 6) is 1.10. The van der Waals surface area contributed by atoms with Gasteiger partial charge in [-0.05, 0) is 31.5 Å². The van der Waals surface area contributed by atoms with E-state index >= 15 is 0 Å². The first kappa shape index (κ1) is 15.9. The molecule has 1 saturated heterocycles. The largest absolute Gasteiger partial charge is 0.468 e. The van der Waals surface area contributed by atoms with Crippen LogP contribution in [0, 0.1) is 5.92 Å². The number of furan rings is 1. The fraction of sp³-hybridized carbons (Fsp3) is 0.533. The molecule has 1 atom stereocenters. The molecule has 8 heteroatoms. The number of hydrogen-bond donors (Lipinski definition) is 2. The molecule has 1 unspecified atom stereocenters. The number of hydrogen-bond acceptors (Lipinski definition) is 7. The van der Waals surface area contributed by atoms with Crippen LogP contribution in [0.1, 0.15) is 23.6 Å². The van der Waals surface area contributed by atoms with E-state index in [9.17, 15) is 4.79 Å². The van der Waals surface area contributed by atoms with Gasteiger partial charge in [0, 0.05) is 19.5 Å². The molecule has 1 amide bonds. The molecule has 3 N–H and O–H groups in total. The quantitative estimate of drug-likeness (QED) is 0.825. The zero-order valence-corrected chi connectivity index (χ0v) is 13.7. The highest BCUT2D eigenvalue weighted by Gasteiger charge is 2.25. The topological polar surface area (TPSA) is 97.3 Å². The van der Waals surface area contributed by atoms with Crippen LogP contribution in [-0.4, -0.2) is 40.6 Å². The Morgan fingerprint density at radius 2 is 2.43 bits per heavy atom. The first-order valence-corrected chi connectivity index (χ1v) is 8.62. The van der Waals surface area contributed by atoms with Gasteiger partial charge in [-0.2, -0.15) is 0 Å². The Morgan fingerprint density at radius 3 is 3.17 bits per heavy atom. The van der Waals surface area contributed by atoms with Crippen molar-refractivity contribution in [3.8, 4) is 0 Å². The van der Waals surface area contributed by atoms with Crippen LogP contribution in [0.15, 0.2) is 22.8 Å². The molecule has 2 aromatic rings. The zero-order chi connectivity index (χ0) is 16.1. The number of piperidine rings is 1. The average molecular weight is 335 g/mol. The van der Waals surface area contributed by atoms with Crippen molar-refractivity contribution in [2.24, 2.45) is 5.92 Å². The molecule has 3 heterocycles. The van der Waals surface area contributed by atoms with Gasteiger partial charge in [0.2, 0.25) is 11.0 Å². The summed E-state index contributed by atoms with van der Waals surface area (Å²) in [6.45, 7) is 3.12.